The molecule has 1 amide bonds. The molecule has 31 heavy (non-hydrogen) atoms. The van der Waals surface area contributed by atoms with Crippen LogP contribution in [-0.2, 0) is 14.8 Å². The van der Waals surface area contributed by atoms with Crippen molar-refractivity contribution in [2.75, 3.05) is 23.0 Å². The molecule has 0 saturated carbocycles. The van der Waals surface area contributed by atoms with Crippen LogP contribution in [0.25, 0.3) is 10.2 Å². The molecule has 1 unspecified atom stereocenters. The van der Waals surface area contributed by atoms with Crippen molar-refractivity contribution in [1.82, 2.24) is 4.57 Å². The number of carbonyl (C=O) groups excluding carboxylic acids is 1. The fraction of sp³-hybridized carbons (Fsp3) is 0.333. The second kappa shape index (κ2) is 8.72. The largest absolute Gasteiger partial charge is 0.497 e. The molecule has 0 fully saturated rings. The first-order chi connectivity index (χ1) is 14.5. The molecule has 0 radical (unpaired) electrons. The summed E-state index contributed by atoms with van der Waals surface area (Å²) >= 11 is 1.11. The summed E-state index contributed by atoms with van der Waals surface area (Å²) in [6.07, 6.45) is 1.05. The van der Waals surface area contributed by atoms with E-state index in [1.54, 1.807) is 47.0 Å². The summed E-state index contributed by atoms with van der Waals surface area (Å²) in [4.78, 5) is 25.1. The average Bonchev–Trinajstić information content (AvgIpc) is 3.02. The number of hydrogen-bond acceptors (Lipinski definition) is 6. The molecule has 0 aliphatic carbocycles. The van der Waals surface area contributed by atoms with E-state index < -0.39 is 22.0 Å². The van der Waals surface area contributed by atoms with E-state index in [1.807, 2.05) is 13.8 Å². The first-order valence-corrected chi connectivity index (χ1v) is 12.3. The van der Waals surface area contributed by atoms with Gasteiger partial charge in [0.05, 0.1) is 29.3 Å². The molecule has 166 valence electrons. The molecule has 0 spiro atoms. The molecule has 1 heterocycles. The molecule has 8 nitrogen and oxygen atoms in total. The minimum absolute atomic E-state index is 0.0227. The lowest BCUT2D eigenvalue weighted by Crippen LogP contribution is -2.45. The predicted molar refractivity (Wildman–Crippen MR) is 125 cm³/mol. The average molecular weight is 464 g/mol. The topological polar surface area (TPSA) is 97.7 Å². The van der Waals surface area contributed by atoms with Gasteiger partial charge >= 0.3 is 4.87 Å². The monoisotopic (exact) mass is 463 g/mol. The Morgan fingerprint density at radius 1 is 1.13 bits per heavy atom. The van der Waals surface area contributed by atoms with Crippen molar-refractivity contribution in [2.45, 2.75) is 32.9 Å². The van der Waals surface area contributed by atoms with E-state index in [-0.39, 0.29) is 10.9 Å². The number of rotatable bonds is 7. The minimum atomic E-state index is -3.73. The fourth-order valence-electron chi connectivity index (χ4n) is 3.39. The highest BCUT2D eigenvalue weighted by Gasteiger charge is 2.29. The first kappa shape index (κ1) is 22.8. The predicted octanol–water partition coefficient (Wildman–Crippen LogP) is 3.45. The van der Waals surface area contributed by atoms with Gasteiger partial charge in [0, 0.05) is 11.7 Å². The molecule has 2 aromatic carbocycles. The number of aromatic nitrogens is 1. The fourth-order valence-corrected chi connectivity index (χ4v) is 5.62. The van der Waals surface area contributed by atoms with E-state index >= 15 is 0 Å². The Bertz CT molecular complexity index is 1260. The lowest BCUT2D eigenvalue weighted by Gasteiger charge is -2.28. The molecule has 1 aromatic heterocycles. The van der Waals surface area contributed by atoms with Gasteiger partial charge in [-0.25, -0.2) is 8.42 Å². The van der Waals surface area contributed by atoms with Crippen molar-refractivity contribution in [3.63, 3.8) is 0 Å². The van der Waals surface area contributed by atoms with E-state index in [9.17, 15) is 18.0 Å². The zero-order valence-corrected chi connectivity index (χ0v) is 19.6. The maximum Gasteiger partial charge on any atom is 0.308 e. The smallest absolute Gasteiger partial charge is 0.308 e. The number of methoxy groups -OCH3 is 1. The number of ether oxygens (including phenoxy) is 1. The Balaban J connectivity index is 1.89. The maximum absolute atomic E-state index is 12.9. The van der Waals surface area contributed by atoms with Crippen LogP contribution in [0.4, 0.5) is 11.4 Å². The third kappa shape index (κ3) is 4.75. The van der Waals surface area contributed by atoms with Gasteiger partial charge in [-0.1, -0.05) is 11.3 Å². The van der Waals surface area contributed by atoms with Crippen molar-refractivity contribution >= 4 is 48.9 Å². The Morgan fingerprint density at radius 3 is 2.32 bits per heavy atom. The van der Waals surface area contributed by atoms with Gasteiger partial charge in [-0.3, -0.25) is 18.5 Å². The van der Waals surface area contributed by atoms with Crippen molar-refractivity contribution in [3.8, 4) is 5.75 Å². The number of benzene rings is 2. The van der Waals surface area contributed by atoms with E-state index in [0.29, 0.717) is 17.1 Å². The van der Waals surface area contributed by atoms with Crippen LogP contribution in [0.15, 0.2) is 47.3 Å². The molecule has 0 bridgehead atoms. The van der Waals surface area contributed by atoms with E-state index in [4.69, 9.17) is 4.74 Å². The SMILES string of the molecule is COc1ccc(N(C(C)C(=O)Nc2ccc3c(c2)sc(=O)n3C(C)C)S(C)(=O)=O)cc1. The van der Waals surface area contributed by atoms with Gasteiger partial charge < -0.3 is 10.1 Å². The summed E-state index contributed by atoms with van der Waals surface area (Å²) in [5.41, 5.74) is 1.64. The molecular weight excluding hydrogens is 438 g/mol. The highest BCUT2D eigenvalue weighted by atomic mass is 32.2. The third-order valence-corrected chi connectivity index (χ3v) is 6.97. The van der Waals surface area contributed by atoms with E-state index in [0.717, 1.165) is 32.1 Å². The zero-order chi connectivity index (χ0) is 22.9. The number of hydrogen-bond donors (Lipinski definition) is 1. The number of fused-ring (bicyclic) bond motifs is 1. The summed E-state index contributed by atoms with van der Waals surface area (Å²) in [6, 6.07) is 10.7. The van der Waals surface area contributed by atoms with Crippen molar-refractivity contribution in [2.24, 2.45) is 0 Å². The van der Waals surface area contributed by atoms with Crippen LogP contribution in [0, 0.1) is 0 Å². The van der Waals surface area contributed by atoms with Gasteiger partial charge in [0.1, 0.15) is 11.8 Å². The molecule has 1 atom stereocenters. The summed E-state index contributed by atoms with van der Waals surface area (Å²) in [5, 5.41) is 2.76. The second-order valence-electron chi connectivity index (χ2n) is 7.44. The van der Waals surface area contributed by atoms with Gasteiger partial charge in [-0.2, -0.15) is 0 Å². The Kier molecular flexibility index (Phi) is 6.42. The number of carbonyl (C=O) groups is 1. The molecule has 0 saturated heterocycles. The van der Waals surface area contributed by atoms with Crippen LogP contribution in [0.5, 0.6) is 5.75 Å². The highest BCUT2D eigenvalue weighted by molar-refractivity contribution is 7.92. The molecule has 10 heteroatoms. The number of sulfonamides is 1. The normalized spacial score (nSPS) is 12.7. The van der Waals surface area contributed by atoms with Crippen LogP contribution in [0.2, 0.25) is 0 Å². The lowest BCUT2D eigenvalue weighted by molar-refractivity contribution is -0.116. The highest BCUT2D eigenvalue weighted by Crippen LogP contribution is 2.26. The van der Waals surface area contributed by atoms with Gasteiger partial charge in [-0.05, 0) is 63.2 Å². The van der Waals surface area contributed by atoms with E-state index in [1.165, 1.54) is 14.0 Å². The molecular formula is C21H25N3O5S2. The van der Waals surface area contributed by atoms with Gasteiger partial charge in [0.2, 0.25) is 15.9 Å². The van der Waals surface area contributed by atoms with Gasteiger partial charge in [0.15, 0.2) is 0 Å². The third-order valence-electron chi connectivity index (χ3n) is 4.81. The van der Waals surface area contributed by atoms with Crippen LogP contribution < -0.4 is 19.2 Å². The zero-order valence-electron chi connectivity index (χ0n) is 17.9. The quantitative estimate of drug-likeness (QED) is 0.579. The number of amides is 1. The Labute approximate surface area is 185 Å². The van der Waals surface area contributed by atoms with Crippen molar-refractivity contribution in [3.05, 3.63) is 52.1 Å². The lowest BCUT2D eigenvalue weighted by atomic mass is 10.2. The maximum atomic E-state index is 12.9. The van der Waals surface area contributed by atoms with E-state index in [2.05, 4.69) is 5.32 Å². The summed E-state index contributed by atoms with van der Waals surface area (Å²) in [7, 11) is -2.22. The molecule has 3 rings (SSSR count). The molecule has 3 aromatic rings. The number of thiazole rings is 1. The number of nitrogens with one attached hydrogen (secondary N) is 1. The van der Waals surface area contributed by atoms with Crippen LogP contribution in [0.1, 0.15) is 26.8 Å². The molecule has 0 aliphatic rings. The first-order valence-electron chi connectivity index (χ1n) is 9.62. The summed E-state index contributed by atoms with van der Waals surface area (Å²) < 4.78 is 33.5. The minimum Gasteiger partial charge on any atom is -0.497 e. The van der Waals surface area contributed by atoms with Crippen LogP contribution in [-0.4, -0.2) is 38.3 Å². The Hall–Kier alpha value is -2.85. The second-order valence-corrected chi connectivity index (χ2v) is 10.3. The van der Waals surface area contributed by atoms with Crippen molar-refractivity contribution in [1.29, 1.82) is 0 Å². The molecule has 0 aliphatic heterocycles. The molecule has 1 N–H and O–H groups in total. The van der Waals surface area contributed by atoms with Crippen LogP contribution in [0.3, 0.4) is 0 Å². The van der Waals surface area contributed by atoms with Crippen molar-refractivity contribution < 1.29 is 17.9 Å². The summed E-state index contributed by atoms with van der Waals surface area (Å²) in [5.74, 6) is 0.0890. The van der Waals surface area contributed by atoms with Gasteiger partial charge in [0.25, 0.3) is 0 Å². The number of nitrogens with zero attached hydrogens (tertiary/aromatic N) is 2. The van der Waals surface area contributed by atoms with Crippen LogP contribution >= 0.6 is 11.3 Å². The van der Waals surface area contributed by atoms with Gasteiger partial charge in [-0.15, -0.1) is 0 Å². The summed E-state index contributed by atoms with van der Waals surface area (Å²) in [6.45, 7) is 5.39. The Morgan fingerprint density at radius 2 is 1.77 bits per heavy atom. The standard InChI is InChI=1S/C21H25N3O5S2/c1-13(2)23-18-11-6-15(12-19(18)30-21(23)26)22-20(25)14(3)24(31(5,27)28)16-7-9-17(29-4)10-8-16/h6-14H,1-5H3,(H,22,25). The number of anilines is 2.